The zero-order valence-corrected chi connectivity index (χ0v) is 11.0. The second-order valence-corrected chi connectivity index (χ2v) is 4.29. The van der Waals surface area contributed by atoms with Gasteiger partial charge < -0.3 is 10.0 Å². The first-order chi connectivity index (χ1) is 9.77. The normalized spacial score (nSPS) is 12.5. The smallest absolute Gasteiger partial charge is 0.471 e. The van der Waals surface area contributed by atoms with Gasteiger partial charge in [0.25, 0.3) is 0 Å². The van der Waals surface area contributed by atoms with E-state index >= 15 is 0 Å². The summed E-state index contributed by atoms with van der Waals surface area (Å²) in [5.74, 6) is -3.69. The Hall–Kier alpha value is -2.31. The van der Waals surface area contributed by atoms with E-state index < -0.39 is 30.6 Å². The van der Waals surface area contributed by atoms with E-state index in [9.17, 15) is 22.8 Å². The molecule has 0 aromatic heterocycles. The van der Waals surface area contributed by atoms with Crippen LogP contribution in [0, 0.1) is 0 Å². The lowest BCUT2D eigenvalue weighted by molar-refractivity contribution is -0.189. The Bertz CT molecular complexity index is 514. The Labute approximate surface area is 119 Å². The van der Waals surface area contributed by atoms with Gasteiger partial charge in [0.05, 0.1) is 0 Å². The van der Waals surface area contributed by atoms with Gasteiger partial charge in [-0.2, -0.15) is 13.2 Å². The van der Waals surface area contributed by atoms with Gasteiger partial charge in [0, 0.05) is 13.0 Å². The molecule has 4 nitrogen and oxygen atoms in total. The Morgan fingerprint density at radius 2 is 1.86 bits per heavy atom. The van der Waals surface area contributed by atoms with Crippen LogP contribution in [0.1, 0.15) is 5.56 Å². The van der Waals surface area contributed by atoms with Crippen molar-refractivity contribution in [3.8, 4) is 0 Å². The van der Waals surface area contributed by atoms with Gasteiger partial charge in [-0.1, -0.05) is 36.4 Å². The number of carbonyl (C=O) groups is 2. The van der Waals surface area contributed by atoms with Crippen LogP contribution in [-0.4, -0.2) is 40.6 Å². The standard InChI is InChI=1S/C14H14F3NO3/c1-2-8-18(13(21)14(15,16)17)11(12(19)20)9-10-6-4-3-5-7-10/h2-7,11H,1,8-9H2,(H,19,20). The van der Waals surface area contributed by atoms with Crippen LogP contribution in [0.3, 0.4) is 0 Å². The number of nitrogens with zero attached hydrogens (tertiary/aromatic N) is 1. The van der Waals surface area contributed by atoms with E-state index in [0.29, 0.717) is 5.56 Å². The van der Waals surface area contributed by atoms with Gasteiger partial charge in [0.2, 0.25) is 0 Å². The summed E-state index contributed by atoms with van der Waals surface area (Å²) in [4.78, 5) is 22.9. The molecule has 1 aromatic rings. The summed E-state index contributed by atoms with van der Waals surface area (Å²) in [7, 11) is 0. The van der Waals surface area contributed by atoms with E-state index in [1.807, 2.05) is 0 Å². The fraction of sp³-hybridized carbons (Fsp3) is 0.286. The lowest BCUT2D eigenvalue weighted by Gasteiger charge is -2.28. The molecule has 1 amide bonds. The van der Waals surface area contributed by atoms with E-state index in [0.717, 1.165) is 6.08 Å². The summed E-state index contributed by atoms with van der Waals surface area (Å²) in [5.41, 5.74) is 0.522. The van der Waals surface area contributed by atoms with E-state index in [1.165, 1.54) is 0 Å². The van der Waals surface area contributed by atoms with Crippen molar-refractivity contribution in [1.29, 1.82) is 0 Å². The Kier molecular flexibility index (Phi) is 5.52. The van der Waals surface area contributed by atoms with Crippen LogP contribution < -0.4 is 0 Å². The highest BCUT2D eigenvalue weighted by atomic mass is 19.4. The number of hydrogen-bond acceptors (Lipinski definition) is 2. The first-order valence-corrected chi connectivity index (χ1v) is 6.02. The molecule has 0 fully saturated rings. The number of rotatable bonds is 6. The lowest BCUT2D eigenvalue weighted by Crippen LogP contribution is -2.51. The van der Waals surface area contributed by atoms with E-state index in [1.54, 1.807) is 30.3 Å². The molecule has 0 saturated heterocycles. The largest absolute Gasteiger partial charge is 0.480 e. The van der Waals surface area contributed by atoms with Gasteiger partial charge in [-0.25, -0.2) is 4.79 Å². The third kappa shape index (κ3) is 4.62. The van der Waals surface area contributed by atoms with Crippen molar-refractivity contribution >= 4 is 11.9 Å². The minimum absolute atomic E-state index is 0.216. The van der Waals surface area contributed by atoms with Crippen molar-refractivity contribution in [1.82, 2.24) is 4.90 Å². The molecule has 1 unspecified atom stereocenters. The van der Waals surface area contributed by atoms with Crippen molar-refractivity contribution in [2.45, 2.75) is 18.6 Å². The van der Waals surface area contributed by atoms with Crippen molar-refractivity contribution in [2.75, 3.05) is 6.54 Å². The summed E-state index contributed by atoms with van der Waals surface area (Å²) in [6, 6.07) is 6.52. The highest BCUT2D eigenvalue weighted by Crippen LogP contribution is 2.21. The second kappa shape index (κ2) is 6.92. The molecule has 0 aliphatic carbocycles. The number of benzene rings is 1. The fourth-order valence-electron chi connectivity index (χ4n) is 1.82. The van der Waals surface area contributed by atoms with Crippen LogP contribution in [0.4, 0.5) is 13.2 Å². The zero-order valence-electron chi connectivity index (χ0n) is 11.0. The fourth-order valence-corrected chi connectivity index (χ4v) is 1.82. The number of carboxylic acid groups (broad SMARTS) is 1. The van der Waals surface area contributed by atoms with Gasteiger partial charge in [-0.3, -0.25) is 4.79 Å². The SMILES string of the molecule is C=CCN(C(=O)C(F)(F)F)C(Cc1ccccc1)C(=O)O. The van der Waals surface area contributed by atoms with Crippen LogP contribution in [0.5, 0.6) is 0 Å². The summed E-state index contributed by atoms with van der Waals surface area (Å²) in [5, 5.41) is 9.15. The Morgan fingerprint density at radius 1 is 1.29 bits per heavy atom. The molecule has 21 heavy (non-hydrogen) atoms. The molecule has 1 atom stereocenters. The number of aliphatic carboxylic acids is 1. The molecule has 0 aliphatic rings. The van der Waals surface area contributed by atoms with Crippen LogP contribution >= 0.6 is 0 Å². The highest BCUT2D eigenvalue weighted by Gasteiger charge is 2.45. The Balaban J connectivity index is 3.06. The third-order valence-electron chi connectivity index (χ3n) is 2.76. The molecule has 1 N–H and O–H groups in total. The highest BCUT2D eigenvalue weighted by molar-refractivity contribution is 5.87. The van der Waals surface area contributed by atoms with Crippen LogP contribution in [-0.2, 0) is 16.0 Å². The molecule has 1 rings (SSSR count). The maximum atomic E-state index is 12.6. The molecule has 0 heterocycles. The number of amides is 1. The van der Waals surface area contributed by atoms with Crippen molar-refractivity contribution in [2.24, 2.45) is 0 Å². The number of alkyl halides is 3. The summed E-state index contributed by atoms with van der Waals surface area (Å²) in [6.45, 7) is 2.76. The maximum absolute atomic E-state index is 12.6. The van der Waals surface area contributed by atoms with Crippen LogP contribution in [0.15, 0.2) is 43.0 Å². The van der Waals surface area contributed by atoms with Crippen molar-refractivity contribution in [3.63, 3.8) is 0 Å². The second-order valence-electron chi connectivity index (χ2n) is 4.29. The minimum Gasteiger partial charge on any atom is -0.480 e. The van der Waals surface area contributed by atoms with Gasteiger partial charge in [0.15, 0.2) is 0 Å². The Morgan fingerprint density at radius 3 is 2.29 bits per heavy atom. The average Bonchev–Trinajstić information content (AvgIpc) is 2.42. The van der Waals surface area contributed by atoms with E-state index in [-0.39, 0.29) is 11.3 Å². The van der Waals surface area contributed by atoms with Gasteiger partial charge in [-0.15, -0.1) is 6.58 Å². The third-order valence-corrected chi connectivity index (χ3v) is 2.76. The topological polar surface area (TPSA) is 57.6 Å². The summed E-state index contributed by atoms with van der Waals surface area (Å²) in [6.07, 6.45) is -4.29. The molecule has 0 spiro atoms. The van der Waals surface area contributed by atoms with Gasteiger partial charge >= 0.3 is 18.1 Å². The van der Waals surface area contributed by atoms with E-state index in [2.05, 4.69) is 6.58 Å². The van der Waals surface area contributed by atoms with Gasteiger partial charge in [-0.05, 0) is 5.56 Å². The molecule has 0 radical (unpaired) electrons. The van der Waals surface area contributed by atoms with Crippen LogP contribution in [0.25, 0.3) is 0 Å². The van der Waals surface area contributed by atoms with Gasteiger partial charge in [0.1, 0.15) is 6.04 Å². The molecule has 7 heteroatoms. The quantitative estimate of drug-likeness (QED) is 0.820. The monoisotopic (exact) mass is 301 g/mol. The number of halogens is 3. The zero-order chi connectivity index (χ0) is 16.0. The number of carboxylic acids is 1. The molecule has 114 valence electrons. The molecule has 1 aromatic carbocycles. The minimum atomic E-state index is -5.13. The molecule has 0 aliphatic heterocycles. The lowest BCUT2D eigenvalue weighted by atomic mass is 10.0. The average molecular weight is 301 g/mol. The van der Waals surface area contributed by atoms with Crippen molar-refractivity contribution < 1.29 is 27.9 Å². The molecule has 0 saturated carbocycles. The number of hydrogen-bond donors (Lipinski definition) is 1. The predicted molar refractivity (Wildman–Crippen MR) is 69.5 cm³/mol. The molecular weight excluding hydrogens is 287 g/mol. The molecule has 0 bridgehead atoms. The van der Waals surface area contributed by atoms with Crippen molar-refractivity contribution in [3.05, 3.63) is 48.6 Å². The van der Waals surface area contributed by atoms with E-state index in [4.69, 9.17) is 5.11 Å². The summed E-state index contributed by atoms with van der Waals surface area (Å²) >= 11 is 0. The maximum Gasteiger partial charge on any atom is 0.471 e. The first kappa shape index (κ1) is 16.7. The predicted octanol–water partition coefficient (Wildman–Crippen LogP) is 2.26. The van der Waals surface area contributed by atoms with Crippen LogP contribution in [0.2, 0.25) is 0 Å². The summed E-state index contributed by atoms with van der Waals surface area (Å²) < 4.78 is 37.7. The first-order valence-electron chi connectivity index (χ1n) is 6.02. The molecular formula is C14H14F3NO3. The number of carbonyl (C=O) groups excluding carboxylic acids is 1.